The van der Waals surface area contributed by atoms with Gasteiger partial charge in [0.15, 0.2) is 6.29 Å². The molecule has 0 spiro atoms. The van der Waals surface area contributed by atoms with Gasteiger partial charge in [0.25, 0.3) is 0 Å². The molecule has 0 aromatic heterocycles. The van der Waals surface area contributed by atoms with Gasteiger partial charge in [-0.05, 0) is 64.9 Å². The molecule has 10 nitrogen and oxygen atoms in total. The second-order valence-electron chi connectivity index (χ2n) is 13.1. The van der Waals surface area contributed by atoms with Gasteiger partial charge < -0.3 is 36.1 Å². The number of rotatable bonds is 13. The van der Waals surface area contributed by atoms with Crippen LogP contribution in [0.2, 0.25) is 0 Å². The molecular weight excluding hydrogens is 632 g/mol. The Bertz CT molecular complexity index is 1750. The molecule has 0 aliphatic carbocycles. The van der Waals surface area contributed by atoms with Gasteiger partial charge in [-0.3, -0.25) is 14.5 Å². The van der Waals surface area contributed by atoms with Crippen molar-refractivity contribution in [2.45, 2.75) is 69.9 Å². The number of β-amino-alcohol motifs (C(OH)–C–C–N with tert-alkyl or cyclic N) is 1. The Morgan fingerprint density at radius 1 is 0.840 bits per heavy atom. The molecule has 0 saturated carbocycles. The fourth-order valence-corrected chi connectivity index (χ4v) is 6.55. The third kappa shape index (κ3) is 9.56. The van der Waals surface area contributed by atoms with E-state index in [1.165, 1.54) is 0 Å². The van der Waals surface area contributed by atoms with E-state index >= 15 is 0 Å². The van der Waals surface area contributed by atoms with E-state index in [1.54, 1.807) is 24.3 Å². The Balaban J connectivity index is 1.07. The Hall–Kier alpha value is -4.58. The molecule has 4 aromatic rings. The number of nitrogens with two attached hydrogens (primary N) is 1. The lowest BCUT2D eigenvalue weighted by Gasteiger charge is -2.38. The van der Waals surface area contributed by atoms with Crippen LogP contribution in [0.5, 0.6) is 0 Å². The van der Waals surface area contributed by atoms with E-state index in [0.29, 0.717) is 43.9 Å². The number of anilines is 2. The monoisotopic (exact) mass is 678 g/mol. The van der Waals surface area contributed by atoms with Gasteiger partial charge in [0.1, 0.15) is 0 Å². The minimum Gasteiger partial charge on any atom is -0.397 e. The molecule has 2 aliphatic heterocycles. The topological polar surface area (TPSA) is 146 Å². The largest absolute Gasteiger partial charge is 0.397 e. The van der Waals surface area contributed by atoms with Crippen LogP contribution in [0.25, 0.3) is 11.1 Å². The standard InChI is InChI=1S/C40H46N4O6/c41-35-10-1-2-11-36(35)43-39(48)13-5-12-38(47)42-23-28-6-3-7-30(20-28)31-8-4-9-32(21-31)40-49-34(25-44-19-18-33(46)24-44)22-37(50-40)29-16-14-27(26-45)15-17-29/h1-4,6-11,14-17,20-21,33-34,37,40,45-46H,5,12-13,18-19,22-26,41H2,(H,42,47)(H,43,48)/t33-,34+,37-,40-/m0/s1. The molecule has 10 heteroatoms. The number of para-hydroxylation sites is 2. The number of aliphatic hydroxyl groups excluding tert-OH is 2. The summed E-state index contributed by atoms with van der Waals surface area (Å²) in [5.41, 5.74) is 12.7. The Morgan fingerprint density at radius 3 is 2.36 bits per heavy atom. The van der Waals surface area contributed by atoms with Gasteiger partial charge in [-0.1, -0.05) is 72.8 Å². The summed E-state index contributed by atoms with van der Waals surface area (Å²) >= 11 is 0. The number of nitrogens with one attached hydrogen (secondary N) is 2. The van der Waals surface area contributed by atoms with Crippen molar-refractivity contribution in [3.8, 4) is 11.1 Å². The van der Waals surface area contributed by atoms with Gasteiger partial charge in [-0.15, -0.1) is 0 Å². The van der Waals surface area contributed by atoms with E-state index in [4.69, 9.17) is 15.2 Å². The summed E-state index contributed by atoms with van der Waals surface area (Å²) < 4.78 is 13.1. The predicted octanol–water partition coefficient (Wildman–Crippen LogP) is 5.47. The van der Waals surface area contributed by atoms with Crippen molar-refractivity contribution in [3.63, 3.8) is 0 Å². The average Bonchev–Trinajstić information content (AvgIpc) is 3.55. The zero-order valence-electron chi connectivity index (χ0n) is 28.2. The van der Waals surface area contributed by atoms with Crippen LogP contribution in [-0.4, -0.2) is 58.8 Å². The summed E-state index contributed by atoms with van der Waals surface area (Å²) in [6.07, 6.45) is 1.19. The summed E-state index contributed by atoms with van der Waals surface area (Å²) in [5.74, 6) is -0.293. The van der Waals surface area contributed by atoms with Crippen molar-refractivity contribution in [1.29, 1.82) is 0 Å². The molecule has 2 aliphatic rings. The highest BCUT2D eigenvalue weighted by Gasteiger charge is 2.34. The first-order chi connectivity index (χ1) is 24.3. The lowest BCUT2D eigenvalue weighted by atomic mass is 9.98. The van der Waals surface area contributed by atoms with Crippen LogP contribution in [0, 0.1) is 0 Å². The summed E-state index contributed by atoms with van der Waals surface area (Å²) in [6, 6.07) is 31.2. The number of aliphatic hydroxyl groups is 2. The first-order valence-corrected chi connectivity index (χ1v) is 17.3. The maximum Gasteiger partial charge on any atom is 0.224 e. The van der Waals surface area contributed by atoms with Crippen LogP contribution in [0.3, 0.4) is 0 Å². The third-order valence-electron chi connectivity index (χ3n) is 9.28. The molecule has 6 rings (SSSR count). The molecule has 0 bridgehead atoms. The van der Waals surface area contributed by atoms with Crippen LogP contribution in [0.4, 0.5) is 11.4 Å². The van der Waals surface area contributed by atoms with Crippen molar-refractivity contribution >= 4 is 23.2 Å². The van der Waals surface area contributed by atoms with Gasteiger partial charge >= 0.3 is 0 Å². The van der Waals surface area contributed by atoms with Gasteiger partial charge in [-0.2, -0.15) is 0 Å². The quantitative estimate of drug-likeness (QED) is 0.117. The van der Waals surface area contributed by atoms with E-state index in [1.807, 2.05) is 60.7 Å². The normalized spacial score (nSPS) is 20.8. The number of nitrogens with zero attached hydrogens (tertiary/aromatic N) is 1. The fraction of sp³-hybridized carbons (Fsp3) is 0.350. The number of carbonyl (C=O) groups is 2. The number of nitrogen functional groups attached to an aromatic ring is 1. The molecular formula is C40H46N4O6. The minimum atomic E-state index is -0.585. The molecule has 2 saturated heterocycles. The Labute approximate surface area is 293 Å². The van der Waals surface area contributed by atoms with Crippen molar-refractivity contribution in [1.82, 2.24) is 10.2 Å². The smallest absolute Gasteiger partial charge is 0.224 e. The zero-order valence-corrected chi connectivity index (χ0v) is 28.2. The predicted molar refractivity (Wildman–Crippen MR) is 193 cm³/mol. The number of amides is 2. The Morgan fingerprint density at radius 2 is 1.60 bits per heavy atom. The van der Waals surface area contributed by atoms with Crippen LogP contribution in [0.15, 0.2) is 97.1 Å². The number of likely N-dealkylation sites (tertiary alicyclic amines) is 1. The van der Waals surface area contributed by atoms with E-state index < -0.39 is 6.29 Å². The first-order valence-electron chi connectivity index (χ1n) is 17.3. The SMILES string of the molecule is Nc1ccccc1NC(=O)CCCC(=O)NCc1cccc(-c2cccc([C@H]3O[C@@H](CN4CC[C@H](O)C4)C[C@@H](c4ccc(CO)cc4)O3)c2)c1. The van der Waals surface area contributed by atoms with E-state index in [2.05, 4.69) is 27.7 Å². The van der Waals surface area contributed by atoms with E-state index in [0.717, 1.165) is 46.3 Å². The first kappa shape index (κ1) is 35.3. The molecule has 4 aromatic carbocycles. The number of hydrogen-bond donors (Lipinski definition) is 5. The van der Waals surface area contributed by atoms with E-state index in [-0.39, 0.29) is 49.6 Å². The van der Waals surface area contributed by atoms with Crippen LogP contribution >= 0.6 is 0 Å². The number of hydrogen-bond acceptors (Lipinski definition) is 8. The maximum absolute atomic E-state index is 12.6. The molecule has 6 N–H and O–H groups in total. The summed E-state index contributed by atoms with van der Waals surface area (Å²) in [5, 5.41) is 25.4. The second kappa shape index (κ2) is 16.9. The molecule has 50 heavy (non-hydrogen) atoms. The number of carbonyl (C=O) groups excluding carboxylic acids is 2. The van der Waals surface area contributed by atoms with Gasteiger partial charge in [-0.25, -0.2) is 0 Å². The molecule has 0 unspecified atom stereocenters. The van der Waals surface area contributed by atoms with Crippen LogP contribution < -0.4 is 16.4 Å². The van der Waals surface area contributed by atoms with Crippen molar-refractivity contribution in [2.24, 2.45) is 0 Å². The number of benzene rings is 4. The lowest BCUT2D eigenvalue weighted by Crippen LogP contribution is -2.38. The maximum atomic E-state index is 12.6. The molecule has 4 atom stereocenters. The average molecular weight is 679 g/mol. The van der Waals surface area contributed by atoms with Gasteiger partial charge in [0, 0.05) is 51.0 Å². The fourth-order valence-electron chi connectivity index (χ4n) is 6.55. The lowest BCUT2D eigenvalue weighted by molar-refractivity contribution is -0.252. The van der Waals surface area contributed by atoms with E-state index in [9.17, 15) is 19.8 Å². The highest BCUT2D eigenvalue weighted by molar-refractivity contribution is 5.94. The Kier molecular flexibility index (Phi) is 11.9. The highest BCUT2D eigenvalue weighted by Crippen LogP contribution is 2.39. The van der Waals surface area contributed by atoms with Crippen LogP contribution in [0.1, 0.15) is 66.8 Å². The molecule has 2 heterocycles. The van der Waals surface area contributed by atoms with Crippen molar-refractivity contribution in [3.05, 3.63) is 119 Å². The number of ether oxygens (including phenoxy) is 2. The van der Waals surface area contributed by atoms with Crippen molar-refractivity contribution in [2.75, 3.05) is 30.7 Å². The van der Waals surface area contributed by atoms with Crippen LogP contribution in [-0.2, 0) is 32.2 Å². The third-order valence-corrected chi connectivity index (χ3v) is 9.28. The molecule has 0 radical (unpaired) electrons. The highest BCUT2D eigenvalue weighted by atomic mass is 16.7. The zero-order chi connectivity index (χ0) is 34.9. The van der Waals surface area contributed by atoms with Crippen molar-refractivity contribution < 1.29 is 29.3 Å². The molecule has 2 fully saturated rings. The second-order valence-corrected chi connectivity index (χ2v) is 13.1. The minimum absolute atomic E-state index is 0.00990. The summed E-state index contributed by atoms with van der Waals surface area (Å²) in [7, 11) is 0. The van der Waals surface area contributed by atoms with Gasteiger partial charge in [0.2, 0.25) is 11.8 Å². The molecule has 2 amide bonds. The summed E-state index contributed by atoms with van der Waals surface area (Å²) in [4.78, 5) is 27.1. The summed E-state index contributed by atoms with van der Waals surface area (Å²) in [6.45, 7) is 2.57. The molecule has 262 valence electrons. The van der Waals surface area contributed by atoms with Gasteiger partial charge in [0.05, 0.1) is 36.3 Å².